The first-order chi connectivity index (χ1) is 13.2. The van der Waals surface area contributed by atoms with Crippen LogP contribution in [0.3, 0.4) is 0 Å². The van der Waals surface area contributed by atoms with Crippen molar-refractivity contribution < 1.29 is 9.59 Å². The number of nitriles is 1. The largest absolute Gasteiger partial charge is 0.360 e. The molecule has 0 saturated carbocycles. The summed E-state index contributed by atoms with van der Waals surface area (Å²) in [6.07, 6.45) is 3.63. The normalized spacial score (nSPS) is 14.3. The van der Waals surface area contributed by atoms with Gasteiger partial charge in [-0.3, -0.25) is 9.59 Å². The van der Waals surface area contributed by atoms with E-state index < -0.39 is 5.91 Å². The fraction of sp³-hybridized carbons (Fsp3) is 0.286. The quantitative estimate of drug-likeness (QED) is 0.451. The molecule has 2 aromatic rings. The summed E-state index contributed by atoms with van der Waals surface area (Å²) in [5.41, 5.74) is 0.848. The SMILES string of the molecule is N#C/C(=C/Nc1cccc2ccccc12)C(=O)NCCCN1CCCC1=O. The van der Waals surface area contributed by atoms with Gasteiger partial charge < -0.3 is 15.5 Å². The number of anilines is 1. The molecule has 2 amide bonds. The van der Waals surface area contributed by atoms with Gasteiger partial charge in [0.1, 0.15) is 11.6 Å². The van der Waals surface area contributed by atoms with Crippen LogP contribution < -0.4 is 10.6 Å². The van der Waals surface area contributed by atoms with Crippen LogP contribution in [0, 0.1) is 11.3 Å². The maximum Gasteiger partial charge on any atom is 0.263 e. The Hall–Kier alpha value is -3.33. The van der Waals surface area contributed by atoms with E-state index in [1.807, 2.05) is 53.4 Å². The Morgan fingerprint density at radius 2 is 2.04 bits per heavy atom. The van der Waals surface area contributed by atoms with Crippen LogP contribution in [0.4, 0.5) is 5.69 Å². The van der Waals surface area contributed by atoms with Gasteiger partial charge in [0.25, 0.3) is 5.91 Å². The average molecular weight is 362 g/mol. The Labute approximate surface area is 158 Å². The first-order valence-electron chi connectivity index (χ1n) is 9.09. The van der Waals surface area contributed by atoms with E-state index in [4.69, 9.17) is 0 Å². The lowest BCUT2D eigenvalue weighted by atomic mass is 10.1. The monoisotopic (exact) mass is 362 g/mol. The van der Waals surface area contributed by atoms with Gasteiger partial charge in [0.15, 0.2) is 0 Å². The molecule has 0 spiro atoms. The summed E-state index contributed by atoms with van der Waals surface area (Å²) in [4.78, 5) is 25.6. The molecule has 1 fully saturated rings. The number of hydrogen-bond acceptors (Lipinski definition) is 4. The van der Waals surface area contributed by atoms with Crippen LogP contribution >= 0.6 is 0 Å². The average Bonchev–Trinajstić information content (AvgIpc) is 3.10. The number of nitrogens with zero attached hydrogens (tertiary/aromatic N) is 2. The van der Waals surface area contributed by atoms with Gasteiger partial charge in [-0.15, -0.1) is 0 Å². The third-order valence-corrected chi connectivity index (χ3v) is 4.59. The van der Waals surface area contributed by atoms with E-state index in [-0.39, 0.29) is 11.5 Å². The van der Waals surface area contributed by atoms with Gasteiger partial charge in [0.2, 0.25) is 5.91 Å². The maximum absolute atomic E-state index is 12.2. The Morgan fingerprint density at radius 3 is 2.81 bits per heavy atom. The summed E-state index contributed by atoms with van der Waals surface area (Å²) in [5.74, 6) is -0.240. The molecule has 6 nitrogen and oxygen atoms in total. The van der Waals surface area contributed by atoms with Gasteiger partial charge in [-0.25, -0.2) is 0 Å². The van der Waals surface area contributed by atoms with E-state index in [1.54, 1.807) is 0 Å². The third kappa shape index (κ3) is 4.64. The van der Waals surface area contributed by atoms with Crippen molar-refractivity contribution in [3.05, 3.63) is 54.2 Å². The van der Waals surface area contributed by atoms with E-state index in [2.05, 4.69) is 10.6 Å². The standard InChI is InChI=1S/C21H22N4O2/c22-14-17(21(27)23-11-5-13-25-12-4-10-20(25)26)15-24-19-9-3-7-16-6-1-2-8-18(16)19/h1-3,6-9,15,24H,4-5,10-13H2,(H,23,27)/b17-15-. The van der Waals surface area contributed by atoms with Crippen LogP contribution in [-0.2, 0) is 9.59 Å². The minimum absolute atomic E-state index is 0.0141. The summed E-state index contributed by atoms with van der Waals surface area (Å²) in [6.45, 7) is 1.86. The molecular weight excluding hydrogens is 340 g/mol. The number of carbonyl (C=O) groups excluding carboxylic acids is 2. The number of rotatable bonds is 7. The highest BCUT2D eigenvalue weighted by molar-refractivity contribution is 5.98. The van der Waals surface area contributed by atoms with Crippen molar-refractivity contribution in [1.29, 1.82) is 5.26 Å². The number of likely N-dealkylation sites (tertiary alicyclic amines) is 1. The highest BCUT2D eigenvalue weighted by Crippen LogP contribution is 2.23. The molecule has 2 aromatic carbocycles. The van der Waals surface area contributed by atoms with Crippen LogP contribution in [0.1, 0.15) is 19.3 Å². The van der Waals surface area contributed by atoms with Gasteiger partial charge in [-0.2, -0.15) is 5.26 Å². The van der Waals surface area contributed by atoms with Gasteiger partial charge in [0.05, 0.1) is 0 Å². The molecule has 3 rings (SSSR count). The van der Waals surface area contributed by atoms with Crippen molar-refractivity contribution in [2.75, 3.05) is 25.0 Å². The highest BCUT2D eigenvalue weighted by atomic mass is 16.2. The maximum atomic E-state index is 12.2. The van der Waals surface area contributed by atoms with Crippen LogP contribution in [-0.4, -0.2) is 36.3 Å². The Morgan fingerprint density at radius 1 is 1.22 bits per heavy atom. The van der Waals surface area contributed by atoms with Crippen LogP contribution in [0.15, 0.2) is 54.2 Å². The van der Waals surface area contributed by atoms with Gasteiger partial charge in [-0.1, -0.05) is 36.4 Å². The smallest absolute Gasteiger partial charge is 0.263 e. The van der Waals surface area contributed by atoms with Crippen molar-refractivity contribution in [3.63, 3.8) is 0 Å². The Bertz CT molecular complexity index is 909. The Balaban J connectivity index is 1.54. The fourth-order valence-corrected chi connectivity index (χ4v) is 3.16. The second kappa shape index (κ2) is 8.86. The number of amides is 2. The van der Waals surface area contributed by atoms with Crippen molar-refractivity contribution >= 4 is 28.3 Å². The van der Waals surface area contributed by atoms with E-state index in [0.29, 0.717) is 25.9 Å². The molecule has 0 aromatic heterocycles. The second-order valence-electron chi connectivity index (χ2n) is 6.43. The zero-order chi connectivity index (χ0) is 19.1. The molecule has 1 saturated heterocycles. The number of hydrogen-bond donors (Lipinski definition) is 2. The molecule has 0 bridgehead atoms. The minimum atomic E-state index is -0.419. The van der Waals surface area contributed by atoms with Crippen molar-refractivity contribution in [2.24, 2.45) is 0 Å². The molecule has 6 heteroatoms. The molecule has 0 radical (unpaired) electrons. The van der Waals surface area contributed by atoms with Gasteiger partial charge in [0, 0.05) is 43.3 Å². The summed E-state index contributed by atoms with van der Waals surface area (Å²) < 4.78 is 0. The molecule has 27 heavy (non-hydrogen) atoms. The molecule has 138 valence electrons. The highest BCUT2D eigenvalue weighted by Gasteiger charge is 2.19. The molecule has 1 heterocycles. The molecule has 0 unspecified atom stereocenters. The van der Waals surface area contributed by atoms with E-state index in [9.17, 15) is 14.9 Å². The number of nitrogens with one attached hydrogen (secondary N) is 2. The number of carbonyl (C=O) groups is 2. The Kier molecular flexibility index (Phi) is 6.06. The van der Waals surface area contributed by atoms with Crippen molar-refractivity contribution in [1.82, 2.24) is 10.2 Å². The van der Waals surface area contributed by atoms with E-state index >= 15 is 0 Å². The molecular formula is C21H22N4O2. The van der Waals surface area contributed by atoms with Crippen molar-refractivity contribution in [3.8, 4) is 6.07 Å². The van der Waals surface area contributed by atoms with Crippen LogP contribution in [0.5, 0.6) is 0 Å². The lowest BCUT2D eigenvalue weighted by Crippen LogP contribution is -2.31. The topological polar surface area (TPSA) is 85.2 Å². The number of fused-ring (bicyclic) bond motifs is 1. The summed E-state index contributed by atoms with van der Waals surface area (Å²) >= 11 is 0. The zero-order valence-electron chi connectivity index (χ0n) is 15.1. The lowest BCUT2D eigenvalue weighted by molar-refractivity contribution is -0.127. The van der Waals surface area contributed by atoms with E-state index in [1.165, 1.54) is 6.20 Å². The van der Waals surface area contributed by atoms with Crippen LogP contribution in [0.25, 0.3) is 10.8 Å². The minimum Gasteiger partial charge on any atom is -0.360 e. The van der Waals surface area contributed by atoms with Crippen LogP contribution in [0.2, 0.25) is 0 Å². The second-order valence-corrected chi connectivity index (χ2v) is 6.43. The lowest BCUT2D eigenvalue weighted by Gasteiger charge is -2.15. The van der Waals surface area contributed by atoms with Gasteiger partial charge >= 0.3 is 0 Å². The first kappa shape index (κ1) is 18.5. The predicted octanol–water partition coefficient (Wildman–Crippen LogP) is 2.79. The summed E-state index contributed by atoms with van der Waals surface area (Å²) in [6, 6.07) is 15.7. The van der Waals surface area contributed by atoms with E-state index in [0.717, 1.165) is 29.4 Å². The zero-order valence-corrected chi connectivity index (χ0v) is 15.1. The molecule has 2 N–H and O–H groups in total. The predicted molar refractivity (Wildman–Crippen MR) is 105 cm³/mol. The third-order valence-electron chi connectivity index (χ3n) is 4.59. The first-order valence-corrected chi connectivity index (χ1v) is 9.09. The molecule has 1 aliphatic heterocycles. The van der Waals surface area contributed by atoms with Gasteiger partial charge in [-0.05, 0) is 24.3 Å². The summed E-state index contributed by atoms with van der Waals surface area (Å²) in [5, 5.41) is 17.2. The fourth-order valence-electron chi connectivity index (χ4n) is 3.16. The van der Waals surface area contributed by atoms with Crippen molar-refractivity contribution in [2.45, 2.75) is 19.3 Å². The summed E-state index contributed by atoms with van der Waals surface area (Å²) in [7, 11) is 0. The molecule has 0 aliphatic carbocycles. The number of benzene rings is 2. The molecule has 0 atom stereocenters. The molecule has 1 aliphatic rings.